The van der Waals surface area contributed by atoms with E-state index in [4.69, 9.17) is 0 Å². The summed E-state index contributed by atoms with van der Waals surface area (Å²) < 4.78 is 1.72. The molecule has 1 saturated heterocycles. The molecule has 0 spiro atoms. The number of piperazine rings is 1. The quantitative estimate of drug-likeness (QED) is 0.687. The van der Waals surface area contributed by atoms with Crippen LogP contribution in [0, 0.1) is 0 Å². The van der Waals surface area contributed by atoms with Crippen LogP contribution in [0.2, 0.25) is 0 Å². The lowest BCUT2D eigenvalue weighted by Gasteiger charge is -2.32. The first-order valence-corrected chi connectivity index (χ1v) is 5.56. The average molecular weight is 228 g/mol. The Kier molecular flexibility index (Phi) is 3.55. The van der Waals surface area contributed by atoms with Gasteiger partial charge in [-0.05, 0) is 17.5 Å². The van der Waals surface area contributed by atoms with Gasteiger partial charge >= 0.3 is 0 Å². The summed E-state index contributed by atoms with van der Waals surface area (Å²) in [5.74, 6) is 0. The molecule has 15 heavy (non-hydrogen) atoms. The van der Waals surface area contributed by atoms with Gasteiger partial charge in [-0.3, -0.25) is 4.90 Å². The lowest BCUT2D eigenvalue weighted by atomic mass is 10.3. The van der Waals surface area contributed by atoms with E-state index in [0.717, 1.165) is 39.3 Å². The maximum absolute atomic E-state index is 4.16. The molecule has 7 heteroatoms. The van der Waals surface area contributed by atoms with Gasteiger partial charge in [-0.1, -0.05) is 0 Å². The van der Waals surface area contributed by atoms with Gasteiger partial charge in [0.1, 0.15) is 0 Å². The smallest absolute Gasteiger partial charge is 0.206 e. The number of nitrogens with zero attached hydrogens (tertiary/aromatic N) is 6. The van der Waals surface area contributed by atoms with Crippen LogP contribution in [0.25, 0.3) is 0 Å². The van der Waals surface area contributed by atoms with E-state index in [1.807, 2.05) is 0 Å². The van der Waals surface area contributed by atoms with Crippen LogP contribution >= 0.6 is 12.6 Å². The molecule has 1 aliphatic heterocycles. The molecule has 2 heterocycles. The average Bonchev–Trinajstić information content (AvgIpc) is 2.63. The summed E-state index contributed by atoms with van der Waals surface area (Å²) in [6, 6.07) is 0. The fourth-order valence-electron chi connectivity index (χ4n) is 1.65. The molecule has 0 saturated carbocycles. The fraction of sp³-hybridized carbons (Fsp3) is 0.875. The first-order chi connectivity index (χ1) is 7.25. The van der Waals surface area contributed by atoms with E-state index in [-0.39, 0.29) is 0 Å². The zero-order valence-electron chi connectivity index (χ0n) is 8.87. The highest BCUT2D eigenvalue weighted by Crippen LogP contribution is 2.01. The molecule has 1 aromatic heterocycles. The zero-order chi connectivity index (χ0) is 10.7. The van der Waals surface area contributed by atoms with Crippen molar-refractivity contribution in [2.45, 2.75) is 11.7 Å². The minimum absolute atomic E-state index is 0.587. The van der Waals surface area contributed by atoms with Gasteiger partial charge in [-0.2, -0.15) is 0 Å². The summed E-state index contributed by atoms with van der Waals surface area (Å²) in [6.45, 7) is 6.34. The molecule has 0 amide bonds. The maximum atomic E-state index is 4.16. The Morgan fingerprint density at radius 3 is 2.53 bits per heavy atom. The predicted octanol–water partition coefficient (Wildman–Crippen LogP) is -0.791. The number of hydrogen-bond donors (Lipinski definition) is 1. The molecule has 0 unspecified atom stereocenters. The van der Waals surface area contributed by atoms with Gasteiger partial charge in [-0.25, -0.2) is 4.68 Å². The summed E-state index contributed by atoms with van der Waals surface area (Å²) in [6.07, 6.45) is 0. The number of likely N-dealkylation sites (N-methyl/N-ethyl adjacent to an activating group) is 1. The van der Waals surface area contributed by atoms with Crippen molar-refractivity contribution in [3.05, 3.63) is 0 Å². The van der Waals surface area contributed by atoms with Gasteiger partial charge < -0.3 is 4.90 Å². The first kappa shape index (κ1) is 10.8. The third kappa shape index (κ3) is 2.90. The van der Waals surface area contributed by atoms with Crippen LogP contribution < -0.4 is 0 Å². The molecule has 0 bridgehead atoms. The zero-order valence-corrected chi connectivity index (χ0v) is 9.77. The predicted molar refractivity (Wildman–Crippen MR) is 59.0 cm³/mol. The minimum Gasteiger partial charge on any atom is -0.304 e. The fourth-order valence-corrected chi connectivity index (χ4v) is 1.83. The summed E-state index contributed by atoms with van der Waals surface area (Å²) in [5.41, 5.74) is 0. The monoisotopic (exact) mass is 228 g/mol. The number of aromatic nitrogens is 4. The molecule has 6 nitrogen and oxygen atoms in total. The SMILES string of the molecule is CN1CCN(CCn2nnnc2S)CC1. The van der Waals surface area contributed by atoms with E-state index in [2.05, 4.69) is 45.0 Å². The molecule has 0 radical (unpaired) electrons. The topological polar surface area (TPSA) is 50.1 Å². The Morgan fingerprint density at radius 2 is 1.93 bits per heavy atom. The number of rotatable bonds is 3. The van der Waals surface area contributed by atoms with Gasteiger partial charge in [0.15, 0.2) is 0 Å². The van der Waals surface area contributed by atoms with Crippen molar-refractivity contribution < 1.29 is 0 Å². The van der Waals surface area contributed by atoms with E-state index in [1.165, 1.54) is 0 Å². The summed E-state index contributed by atoms with van der Waals surface area (Å²) in [7, 11) is 2.16. The van der Waals surface area contributed by atoms with Gasteiger partial charge in [0.05, 0.1) is 6.54 Å². The van der Waals surface area contributed by atoms with Crippen LogP contribution in [-0.4, -0.2) is 69.8 Å². The van der Waals surface area contributed by atoms with Gasteiger partial charge in [0, 0.05) is 32.7 Å². The van der Waals surface area contributed by atoms with Crippen molar-refractivity contribution in [2.24, 2.45) is 0 Å². The molecule has 0 N–H and O–H groups in total. The standard InChI is InChI=1S/C8H16N6S/c1-12-2-4-13(5-3-12)6-7-14-8(15)9-10-11-14/h2-7H2,1H3,(H,9,11,15). The van der Waals surface area contributed by atoms with Crippen molar-refractivity contribution >= 4 is 12.6 Å². The Morgan fingerprint density at radius 1 is 1.20 bits per heavy atom. The minimum atomic E-state index is 0.587. The van der Waals surface area contributed by atoms with E-state index in [0.29, 0.717) is 5.16 Å². The van der Waals surface area contributed by atoms with Crippen LogP contribution in [0.1, 0.15) is 0 Å². The van der Waals surface area contributed by atoms with E-state index in [1.54, 1.807) is 4.68 Å². The number of thiol groups is 1. The molecular weight excluding hydrogens is 212 g/mol. The lowest BCUT2D eigenvalue weighted by Crippen LogP contribution is -2.45. The molecule has 0 atom stereocenters. The second-order valence-corrected chi connectivity index (χ2v) is 4.25. The Balaban J connectivity index is 1.77. The third-order valence-corrected chi connectivity index (χ3v) is 3.06. The van der Waals surface area contributed by atoms with Crippen molar-refractivity contribution in [2.75, 3.05) is 39.8 Å². The van der Waals surface area contributed by atoms with Crippen LogP contribution in [0.4, 0.5) is 0 Å². The maximum Gasteiger partial charge on any atom is 0.206 e. The van der Waals surface area contributed by atoms with Crippen LogP contribution in [0.3, 0.4) is 0 Å². The van der Waals surface area contributed by atoms with Crippen molar-refractivity contribution in [1.29, 1.82) is 0 Å². The molecule has 1 aliphatic rings. The van der Waals surface area contributed by atoms with Crippen molar-refractivity contribution in [1.82, 2.24) is 30.0 Å². The Labute approximate surface area is 94.6 Å². The first-order valence-electron chi connectivity index (χ1n) is 5.12. The van der Waals surface area contributed by atoms with Crippen LogP contribution in [0.15, 0.2) is 5.16 Å². The number of hydrogen-bond acceptors (Lipinski definition) is 6. The van der Waals surface area contributed by atoms with Gasteiger partial charge in [0.25, 0.3) is 0 Å². The van der Waals surface area contributed by atoms with Crippen LogP contribution in [0.5, 0.6) is 0 Å². The highest BCUT2D eigenvalue weighted by Gasteiger charge is 2.13. The second-order valence-electron chi connectivity index (χ2n) is 3.85. The van der Waals surface area contributed by atoms with E-state index in [9.17, 15) is 0 Å². The largest absolute Gasteiger partial charge is 0.304 e. The summed E-state index contributed by atoms with van der Waals surface area (Å²) in [4.78, 5) is 4.77. The molecule has 1 aromatic rings. The van der Waals surface area contributed by atoms with E-state index < -0.39 is 0 Å². The van der Waals surface area contributed by atoms with Crippen molar-refractivity contribution in [3.8, 4) is 0 Å². The highest BCUT2D eigenvalue weighted by atomic mass is 32.1. The third-order valence-electron chi connectivity index (χ3n) is 2.74. The Hall–Kier alpha value is -0.660. The second kappa shape index (κ2) is 4.91. The molecule has 0 aliphatic carbocycles. The van der Waals surface area contributed by atoms with Gasteiger partial charge in [-0.15, -0.1) is 17.7 Å². The molecule has 84 valence electrons. The molecule has 0 aromatic carbocycles. The summed E-state index contributed by atoms with van der Waals surface area (Å²) >= 11 is 4.16. The Bertz CT molecular complexity index is 306. The molecule has 2 rings (SSSR count). The van der Waals surface area contributed by atoms with Gasteiger partial charge in [0.2, 0.25) is 5.16 Å². The normalized spacial score (nSPS) is 19.6. The summed E-state index contributed by atoms with van der Waals surface area (Å²) in [5, 5.41) is 11.7. The van der Waals surface area contributed by atoms with Crippen LogP contribution in [-0.2, 0) is 6.54 Å². The lowest BCUT2D eigenvalue weighted by molar-refractivity contribution is 0.147. The molecular formula is C8H16N6S. The van der Waals surface area contributed by atoms with Crippen molar-refractivity contribution in [3.63, 3.8) is 0 Å². The van der Waals surface area contributed by atoms with E-state index >= 15 is 0 Å². The molecule has 1 fully saturated rings. The highest BCUT2D eigenvalue weighted by molar-refractivity contribution is 7.80. The number of tetrazole rings is 1.